The van der Waals surface area contributed by atoms with Gasteiger partial charge in [0.2, 0.25) is 0 Å². The van der Waals surface area contributed by atoms with Crippen LogP contribution in [0.3, 0.4) is 0 Å². The summed E-state index contributed by atoms with van der Waals surface area (Å²) in [5, 5.41) is 1.52. The van der Waals surface area contributed by atoms with Crippen LogP contribution >= 0.6 is 0 Å². The fourth-order valence-corrected chi connectivity index (χ4v) is 18.7. The number of fused-ring (bicyclic) bond motifs is 13. The molecule has 6 heterocycles. The number of rotatable bonds is 11. The highest BCUT2D eigenvalue weighted by atomic mass is 15.2. The Morgan fingerprint density at radius 1 is 0.250 bits per heavy atom. The van der Waals surface area contributed by atoms with E-state index in [1.165, 1.54) is 4.57 Å². The molecule has 0 atom stereocenters. The third-order valence-corrected chi connectivity index (χ3v) is 25.0. The van der Waals surface area contributed by atoms with Crippen LogP contribution in [-0.2, 0) is 21.7 Å². The third-order valence-electron chi connectivity index (χ3n) is 25.0. The van der Waals surface area contributed by atoms with Crippen LogP contribution in [0, 0.1) is 0 Å². The minimum atomic E-state index is -0.921. The summed E-state index contributed by atoms with van der Waals surface area (Å²) in [6, 6.07) is 79.6. The lowest BCUT2D eigenvalue weighted by Gasteiger charge is -2.46. The molecule has 598 valence electrons. The molecule has 0 radical (unpaired) electrons. The van der Waals surface area contributed by atoms with E-state index in [1.54, 1.807) is 4.57 Å². The van der Waals surface area contributed by atoms with Crippen LogP contribution < -0.4 is 26.2 Å². The van der Waals surface area contributed by atoms with Gasteiger partial charge in [0.25, 0.3) is 6.71 Å². The van der Waals surface area contributed by atoms with E-state index in [9.17, 15) is 21.9 Å². The van der Waals surface area contributed by atoms with E-state index in [1.807, 2.05) is 158 Å². The van der Waals surface area contributed by atoms with Crippen LogP contribution in [-0.4, -0.2) is 35.4 Å². The monoisotopic (exact) mass is 1610 g/mol. The molecule has 22 rings (SSSR count). The van der Waals surface area contributed by atoms with Gasteiger partial charge in [0, 0.05) is 99.8 Å². The van der Waals surface area contributed by atoms with Crippen molar-refractivity contribution in [3.05, 3.63) is 380 Å². The second kappa shape index (κ2) is 28.6. The smallest absolute Gasteiger partial charge is 0.252 e. The summed E-state index contributed by atoms with van der Waals surface area (Å²) in [6.45, 7) is 25.5. The van der Waals surface area contributed by atoms with Gasteiger partial charge >= 0.3 is 0 Å². The van der Waals surface area contributed by atoms with Gasteiger partial charge in [0.15, 0.2) is 17.5 Å². The molecule has 124 heavy (non-hydrogen) atoms. The lowest BCUT2D eigenvalue weighted by molar-refractivity contribution is 0.590. The van der Waals surface area contributed by atoms with Gasteiger partial charge in [0.05, 0.1) is 72.1 Å². The molecule has 0 saturated heterocycles. The number of aromatic nitrogens is 6. The number of hydrogen-bond acceptors (Lipinski definition) is 5. The number of nitrogens with zero attached hydrogens (tertiary/aromatic N) is 8. The van der Waals surface area contributed by atoms with Crippen LogP contribution in [0.1, 0.15) is 127 Å². The Hall–Kier alpha value is -14.4. The lowest BCUT2D eigenvalue weighted by Crippen LogP contribution is -2.61. The van der Waals surface area contributed by atoms with Crippen molar-refractivity contribution in [2.24, 2.45) is 0 Å². The Morgan fingerprint density at radius 2 is 0.548 bits per heavy atom. The van der Waals surface area contributed by atoms with Crippen molar-refractivity contribution < 1.29 is 21.9 Å². The number of hydrogen-bond donors (Lipinski definition) is 0. The molecule has 2 aliphatic rings. The van der Waals surface area contributed by atoms with Crippen LogP contribution in [0.25, 0.3) is 150 Å². The quantitative estimate of drug-likeness (QED) is 0.121. The van der Waals surface area contributed by atoms with Gasteiger partial charge in [-0.3, -0.25) is 0 Å². The molecule has 2 aliphatic heterocycles. The molecule has 0 bridgehead atoms. The summed E-state index contributed by atoms with van der Waals surface area (Å²) in [7, 11) is 0. The Balaban J connectivity index is 1.01. The van der Waals surface area contributed by atoms with Gasteiger partial charge in [0.1, 0.15) is 0 Å². The fraction of sp³-hybridized carbons (Fsp3) is 0.139. The van der Waals surface area contributed by atoms with Gasteiger partial charge < -0.3 is 23.5 Å². The summed E-state index contributed by atoms with van der Waals surface area (Å²) in [5.74, 6) is 0.891. The van der Waals surface area contributed by atoms with E-state index in [2.05, 4.69) is 201 Å². The van der Waals surface area contributed by atoms with Crippen LogP contribution in [0.4, 0.5) is 34.1 Å². The molecule has 20 aromatic rings. The number of para-hydroxylation sites is 4. The molecule has 0 spiro atoms. The first-order valence-corrected chi connectivity index (χ1v) is 42.3. The lowest BCUT2D eigenvalue weighted by atomic mass is 9.33. The number of anilines is 6. The van der Waals surface area contributed by atoms with Crippen molar-refractivity contribution in [2.45, 2.75) is 105 Å². The van der Waals surface area contributed by atoms with Crippen LogP contribution in [0.5, 0.6) is 0 Å². The fourth-order valence-electron chi connectivity index (χ4n) is 18.7. The number of benzene rings is 16. The average molecular weight is 1620 g/mol. The molecule has 0 fully saturated rings. The van der Waals surface area contributed by atoms with Gasteiger partial charge in [-0.2, -0.15) is 0 Å². The molecule has 16 aromatic carbocycles. The molecule has 0 amide bonds. The van der Waals surface area contributed by atoms with Crippen LogP contribution in [0.15, 0.2) is 358 Å². The molecular weight excluding hydrogens is 1500 g/mol. The Bertz CT molecular complexity index is 8390. The van der Waals surface area contributed by atoms with Gasteiger partial charge in [-0.05, 0) is 186 Å². The van der Waals surface area contributed by atoms with Crippen molar-refractivity contribution in [3.8, 4) is 84.6 Å². The first kappa shape index (κ1) is 60.1. The van der Waals surface area contributed by atoms with E-state index < -0.39 is 114 Å². The van der Waals surface area contributed by atoms with E-state index in [-0.39, 0.29) is 71.6 Å². The predicted molar refractivity (Wildman–Crippen MR) is 524 cm³/mol. The normalized spacial score (nSPS) is 14.8. The zero-order chi connectivity index (χ0) is 98.3. The van der Waals surface area contributed by atoms with Crippen molar-refractivity contribution in [2.75, 3.05) is 9.80 Å². The maximum Gasteiger partial charge on any atom is 0.252 e. The first-order valence-electron chi connectivity index (χ1n) is 50.3. The van der Waals surface area contributed by atoms with E-state index >= 15 is 0 Å². The SMILES string of the molecule is [2H]c1c([2H])c([2H])c2c(c1[2H])c1c([2H])c([2H])c([2H])c([2H])c1n2-c1ccc2c(c1)N(c1c(-c3ccccc3)cc(C(C)(C)C)cc1-c1nc(-c3ccccc3)nc(-c3ccccc3)n1)c1cc(-n3c4c([2H])c([2H])c([2H])c([2H])c4c4c([2H])c([2H])c([2H])c([2H])c43)cc3c1B2c1ccc(-n2c4ccc(C(C)(C)C)cc4c4cc(C(C)(C)C)ccc42)cc1N3c1c(-c2ccccc2)cc(C(C)(C)C)cc1-c1ccccc1. The summed E-state index contributed by atoms with van der Waals surface area (Å²) in [4.78, 5) is 21.2. The summed E-state index contributed by atoms with van der Waals surface area (Å²) < 4.78 is 163. The zero-order valence-corrected chi connectivity index (χ0v) is 71.0. The second-order valence-corrected chi connectivity index (χ2v) is 36.8. The second-order valence-electron chi connectivity index (χ2n) is 36.8. The summed E-state index contributed by atoms with van der Waals surface area (Å²) in [6.07, 6.45) is 0. The zero-order valence-electron chi connectivity index (χ0n) is 87.0. The standard InChI is InChI=1S/C115H95BN8/c1-112(2,3)77-54-60-100-91(62-77)92-63-78(113(4,5)6)55-61-101(92)121(100)82-57-59-94-102(69-82)123(107-88(72-36-18-13-19-37-72)64-79(114(7,8)9)65-89(107)73-38-20-14-21-39-73)104-70-83(122-98-52-34-30-48-86(98)87-49-31-35-53-99(87)122)71-105-106(104)116(94)95-58-56-81(120-96-50-32-28-46-84(96)85-47-29-33-51-97(85)120)68-103(95)124(105)108-90(74-40-22-15-23-41-74)66-80(115(10,11)12)67-93(108)111-118-109(75-42-24-16-25-43-75)117-110(119-111)76-44-26-17-27-45-76/h13-71H,1-12H3/i28D,29D,30D,31D,32D,33D,34D,35D,46D,47D,48D,49D,50D,51D,52D,53D. The average Bonchev–Trinajstić information content (AvgIpc) is 1.58. The Kier molecular flexibility index (Phi) is 13.9. The molecule has 0 unspecified atom stereocenters. The van der Waals surface area contributed by atoms with Crippen molar-refractivity contribution >= 4 is 123 Å². The predicted octanol–water partition coefficient (Wildman–Crippen LogP) is 28.4. The molecule has 0 N–H and O–H groups in total. The topological polar surface area (TPSA) is 59.9 Å². The van der Waals surface area contributed by atoms with E-state index in [0.717, 1.165) is 83.0 Å². The maximum atomic E-state index is 10.5. The van der Waals surface area contributed by atoms with Gasteiger partial charge in [-0.1, -0.05) is 332 Å². The maximum absolute atomic E-state index is 10.5. The third kappa shape index (κ3) is 12.4. The van der Waals surface area contributed by atoms with Gasteiger partial charge in [-0.15, -0.1) is 0 Å². The van der Waals surface area contributed by atoms with E-state index in [4.69, 9.17) is 15.0 Å². The molecule has 0 saturated carbocycles. The summed E-state index contributed by atoms with van der Waals surface area (Å²) >= 11 is 0. The van der Waals surface area contributed by atoms with Crippen molar-refractivity contribution in [1.82, 2.24) is 28.7 Å². The molecular formula is C115H95BN8. The van der Waals surface area contributed by atoms with Gasteiger partial charge in [-0.25, -0.2) is 15.0 Å². The molecule has 8 nitrogen and oxygen atoms in total. The van der Waals surface area contributed by atoms with Crippen molar-refractivity contribution in [1.29, 1.82) is 0 Å². The van der Waals surface area contributed by atoms with Crippen molar-refractivity contribution in [3.63, 3.8) is 0 Å². The molecule has 9 heteroatoms. The molecule has 4 aromatic heterocycles. The minimum absolute atomic E-state index is 0.126. The highest BCUT2D eigenvalue weighted by Gasteiger charge is 2.47. The minimum Gasteiger partial charge on any atom is -0.310 e. The Morgan fingerprint density at radius 3 is 0.903 bits per heavy atom. The first-order chi connectivity index (χ1) is 66.7. The van der Waals surface area contributed by atoms with E-state index in [0.29, 0.717) is 79.0 Å². The summed E-state index contributed by atoms with van der Waals surface area (Å²) in [5.41, 5.74) is 16.8. The largest absolute Gasteiger partial charge is 0.310 e. The highest BCUT2D eigenvalue weighted by molar-refractivity contribution is 7.00. The molecule has 0 aliphatic carbocycles. The highest BCUT2D eigenvalue weighted by Crippen LogP contribution is 2.56. The van der Waals surface area contributed by atoms with Crippen LogP contribution in [0.2, 0.25) is 0 Å². The Labute approximate surface area is 748 Å².